The summed E-state index contributed by atoms with van der Waals surface area (Å²) in [5.41, 5.74) is -0.0535. The Balaban J connectivity index is 1.51. The van der Waals surface area contributed by atoms with Crippen molar-refractivity contribution in [3.05, 3.63) is 76.1 Å². The maximum absolute atomic E-state index is 13.1. The van der Waals surface area contributed by atoms with Crippen LogP contribution in [0.1, 0.15) is 15.2 Å². The first-order valence-electron chi connectivity index (χ1n) is 10.3. The van der Waals surface area contributed by atoms with Crippen LogP contribution in [0, 0.1) is 0 Å². The molecule has 1 N–H and O–H groups in total. The quantitative estimate of drug-likeness (QED) is 0.321. The van der Waals surface area contributed by atoms with Crippen molar-refractivity contribution in [3.63, 3.8) is 0 Å². The number of ether oxygens (including phenoxy) is 4. The maximum Gasteiger partial charge on any atom is 0.339 e. The van der Waals surface area contributed by atoms with Crippen LogP contribution >= 0.6 is 22.9 Å². The summed E-state index contributed by atoms with van der Waals surface area (Å²) < 4.78 is 51.5. The number of rotatable bonds is 7. The van der Waals surface area contributed by atoms with Crippen molar-refractivity contribution in [1.82, 2.24) is 4.72 Å². The molecule has 1 aromatic heterocycles. The first kappa shape index (κ1) is 23.4. The molecule has 3 aromatic carbocycles. The molecule has 0 fully saturated rings. The van der Waals surface area contributed by atoms with Crippen LogP contribution in [0.5, 0.6) is 23.0 Å². The molecule has 1 aliphatic rings. The number of hydrogen-bond donors (Lipinski definition) is 1. The molecule has 4 aromatic rings. The normalized spacial score (nSPS) is 12.6. The van der Waals surface area contributed by atoms with E-state index < -0.39 is 16.0 Å². The molecule has 0 spiro atoms. The maximum atomic E-state index is 13.1. The fraction of sp³-hybridized carbons (Fsp3) is 0.125. The third-order valence-electron chi connectivity index (χ3n) is 5.24. The summed E-state index contributed by atoms with van der Waals surface area (Å²) in [6.45, 7) is 0.0543. The Hall–Kier alpha value is -3.31. The average molecular weight is 532 g/mol. The predicted octanol–water partition coefficient (Wildman–Crippen LogP) is 5.34. The minimum absolute atomic E-state index is 0.0535. The van der Waals surface area contributed by atoms with Gasteiger partial charge in [0.2, 0.25) is 16.8 Å². The smallest absolute Gasteiger partial charge is 0.339 e. The summed E-state index contributed by atoms with van der Waals surface area (Å²) in [6, 6.07) is 16.3. The number of hydrogen-bond acceptors (Lipinski definition) is 8. The molecule has 0 amide bonds. The van der Waals surface area contributed by atoms with Crippen LogP contribution in [-0.4, -0.2) is 28.3 Å². The van der Waals surface area contributed by atoms with Crippen molar-refractivity contribution in [3.8, 4) is 23.0 Å². The number of halogens is 1. The van der Waals surface area contributed by atoms with E-state index in [1.165, 1.54) is 36.6 Å². The number of sulfonamides is 1. The van der Waals surface area contributed by atoms with Gasteiger partial charge in [-0.05, 0) is 42.5 Å². The summed E-state index contributed by atoms with van der Waals surface area (Å²) in [4.78, 5) is 12.5. The second-order valence-electron chi connectivity index (χ2n) is 7.42. The zero-order valence-corrected chi connectivity index (χ0v) is 20.6. The number of methoxy groups -OCH3 is 1. The highest BCUT2D eigenvalue weighted by atomic mass is 35.5. The molecule has 0 unspecified atom stereocenters. The van der Waals surface area contributed by atoms with Crippen molar-refractivity contribution < 1.29 is 32.2 Å². The van der Waals surface area contributed by atoms with Gasteiger partial charge in [-0.1, -0.05) is 23.7 Å². The highest BCUT2D eigenvalue weighted by Gasteiger charge is 2.25. The van der Waals surface area contributed by atoms with E-state index in [0.717, 1.165) is 10.1 Å². The van der Waals surface area contributed by atoms with Crippen LogP contribution in [0.4, 0.5) is 0 Å². The van der Waals surface area contributed by atoms with Crippen LogP contribution in [0.15, 0.2) is 65.6 Å². The number of fused-ring (bicyclic) bond motifs is 2. The first-order chi connectivity index (χ1) is 16.9. The lowest BCUT2D eigenvalue weighted by molar-refractivity contribution is 0.0596. The Kier molecular flexibility index (Phi) is 6.28. The first-order valence-corrected chi connectivity index (χ1v) is 13.0. The van der Waals surface area contributed by atoms with E-state index >= 15 is 0 Å². The van der Waals surface area contributed by atoms with E-state index in [0.29, 0.717) is 32.9 Å². The van der Waals surface area contributed by atoms with Crippen molar-refractivity contribution in [2.45, 2.75) is 11.4 Å². The number of thiophene rings is 1. The van der Waals surface area contributed by atoms with Gasteiger partial charge in [0.1, 0.15) is 5.75 Å². The Bertz CT molecular complexity index is 1530. The van der Waals surface area contributed by atoms with Gasteiger partial charge in [0.15, 0.2) is 17.2 Å². The lowest BCUT2D eigenvalue weighted by atomic mass is 10.2. The van der Waals surface area contributed by atoms with Crippen LogP contribution < -0.4 is 18.9 Å². The van der Waals surface area contributed by atoms with Gasteiger partial charge in [0.25, 0.3) is 0 Å². The van der Waals surface area contributed by atoms with Crippen LogP contribution in [0.3, 0.4) is 0 Å². The molecule has 0 aliphatic carbocycles. The topological polar surface area (TPSA) is 100 Å². The van der Waals surface area contributed by atoms with Crippen LogP contribution in [0.2, 0.25) is 5.02 Å². The van der Waals surface area contributed by atoms with E-state index in [2.05, 4.69) is 4.72 Å². The molecule has 180 valence electrons. The minimum Gasteiger partial charge on any atom is -0.465 e. The SMILES string of the molecule is COC(=O)c1ccccc1S(=O)(=O)NCc1sc2cc3c(cc2c1Oc1ccc(Cl)cc1)OCO3. The predicted molar refractivity (Wildman–Crippen MR) is 131 cm³/mol. The average Bonchev–Trinajstić information content (AvgIpc) is 3.46. The molecule has 1 aliphatic heterocycles. The lowest BCUT2D eigenvalue weighted by Crippen LogP contribution is -2.25. The lowest BCUT2D eigenvalue weighted by Gasteiger charge is -2.11. The summed E-state index contributed by atoms with van der Waals surface area (Å²) in [7, 11) is -2.86. The molecule has 5 rings (SSSR count). The van der Waals surface area contributed by atoms with Gasteiger partial charge in [-0.3, -0.25) is 0 Å². The fourth-order valence-electron chi connectivity index (χ4n) is 3.58. The van der Waals surface area contributed by atoms with E-state index in [4.69, 9.17) is 30.5 Å². The molecule has 8 nitrogen and oxygen atoms in total. The largest absolute Gasteiger partial charge is 0.465 e. The minimum atomic E-state index is -4.05. The van der Waals surface area contributed by atoms with Gasteiger partial charge in [0.05, 0.1) is 22.4 Å². The second-order valence-corrected chi connectivity index (χ2v) is 10.7. The Morgan fingerprint density at radius 1 is 1.09 bits per heavy atom. The van der Waals surface area contributed by atoms with Gasteiger partial charge >= 0.3 is 5.97 Å². The van der Waals surface area contributed by atoms with Gasteiger partial charge in [-0.15, -0.1) is 11.3 Å². The highest BCUT2D eigenvalue weighted by molar-refractivity contribution is 7.89. The van der Waals surface area contributed by atoms with E-state index in [1.54, 1.807) is 30.3 Å². The Morgan fingerprint density at radius 2 is 1.80 bits per heavy atom. The molecule has 11 heteroatoms. The Morgan fingerprint density at radius 3 is 2.54 bits per heavy atom. The zero-order chi connectivity index (χ0) is 24.6. The van der Waals surface area contributed by atoms with Gasteiger partial charge < -0.3 is 18.9 Å². The summed E-state index contributed by atoms with van der Waals surface area (Å²) in [6.07, 6.45) is 0. The van der Waals surface area contributed by atoms with Crippen molar-refractivity contribution in [2.75, 3.05) is 13.9 Å². The molecule has 0 saturated heterocycles. The van der Waals surface area contributed by atoms with E-state index in [-0.39, 0.29) is 23.8 Å². The van der Waals surface area contributed by atoms with Gasteiger partial charge in [-0.25, -0.2) is 17.9 Å². The number of carbonyl (C=O) groups excluding carboxylic acids is 1. The number of nitrogens with one attached hydrogen (secondary N) is 1. The number of carbonyl (C=O) groups is 1. The van der Waals surface area contributed by atoms with Crippen LogP contribution in [0.25, 0.3) is 10.1 Å². The van der Waals surface area contributed by atoms with Crippen molar-refractivity contribution >= 4 is 49.0 Å². The van der Waals surface area contributed by atoms with Gasteiger partial charge in [-0.2, -0.15) is 0 Å². The van der Waals surface area contributed by atoms with Crippen LogP contribution in [-0.2, 0) is 21.3 Å². The molecule has 0 bridgehead atoms. The summed E-state index contributed by atoms with van der Waals surface area (Å²) >= 11 is 7.35. The number of benzene rings is 3. The van der Waals surface area contributed by atoms with E-state index in [1.807, 2.05) is 12.1 Å². The summed E-state index contributed by atoms with van der Waals surface area (Å²) in [5.74, 6) is 1.46. The third kappa shape index (κ3) is 4.65. The Labute approximate surface area is 210 Å². The van der Waals surface area contributed by atoms with Gasteiger partial charge in [0, 0.05) is 27.7 Å². The van der Waals surface area contributed by atoms with E-state index in [9.17, 15) is 13.2 Å². The fourth-order valence-corrected chi connectivity index (χ4v) is 6.07. The monoisotopic (exact) mass is 531 g/mol. The molecule has 35 heavy (non-hydrogen) atoms. The molecule has 2 heterocycles. The molecular weight excluding hydrogens is 514 g/mol. The third-order valence-corrected chi connectivity index (χ3v) is 8.09. The molecule has 0 saturated carbocycles. The van der Waals surface area contributed by atoms with Crippen molar-refractivity contribution in [2.24, 2.45) is 0 Å². The zero-order valence-electron chi connectivity index (χ0n) is 18.2. The highest BCUT2D eigenvalue weighted by Crippen LogP contribution is 2.46. The standard InChI is InChI=1S/C24H18ClNO7S2/c1-30-24(27)16-4-2-3-5-22(16)35(28,29)26-12-21-23(33-15-8-6-14(25)7-9-15)17-10-18-19(32-13-31-18)11-20(17)34-21/h2-11,26H,12-13H2,1H3. The molecular formula is C24H18ClNO7S2. The second kappa shape index (κ2) is 9.38. The molecule has 0 radical (unpaired) electrons. The molecule has 0 atom stereocenters. The summed E-state index contributed by atoms with van der Waals surface area (Å²) in [5, 5.41) is 1.31. The number of esters is 1. The van der Waals surface area contributed by atoms with Crippen molar-refractivity contribution in [1.29, 1.82) is 0 Å².